The normalized spacial score (nSPS) is 10.6. The second kappa shape index (κ2) is 10.5. The molecule has 0 fully saturated rings. The SMILES string of the molecule is C=CCc1cc(/C=C(\C#N)C(=O)Nc2ccc(C(=O)OCC)cc2)cc(OC)c1O. The highest BCUT2D eigenvalue weighted by molar-refractivity contribution is 6.09. The van der Waals surface area contributed by atoms with Gasteiger partial charge in [-0.2, -0.15) is 5.26 Å². The van der Waals surface area contributed by atoms with Crippen LogP contribution >= 0.6 is 0 Å². The lowest BCUT2D eigenvalue weighted by atomic mass is 10.0. The van der Waals surface area contributed by atoms with Crippen LogP contribution in [0.2, 0.25) is 0 Å². The molecule has 0 atom stereocenters. The quantitative estimate of drug-likeness (QED) is 0.298. The van der Waals surface area contributed by atoms with Crippen molar-refractivity contribution in [1.29, 1.82) is 5.26 Å². The number of phenolic OH excluding ortho intramolecular Hbond substituents is 1. The van der Waals surface area contributed by atoms with Crippen molar-refractivity contribution < 1.29 is 24.2 Å². The van der Waals surface area contributed by atoms with Gasteiger partial charge in [0.05, 0.1) is 19.3 Å². The lowest BCUT2D eigenvalue weighted by molar-refractivity contribution is -0.112. The van der Waals surface area contributed by atoms with Crippen LogP contribution in [0.5, 0.6) is 11.5 Å². The fourth-order valence-electron chi connectivity index (χ4n) is 2.66. The Morgan fingerprint density at radius 2 is 1.97 bits per heavy atom. The van der Waals surface area contributed by atoms with Gasteiger partial charge in [0.1, 0.15) is 11.6 Å². The lowest BCUT2D eigenvalue weighted by Gasteiger charge is -2.10. The summed E-state index contributed by atoms with van der Waals surface area (Å²) in [6, 6.07) is 11.2. The van der Waals surface area contributed by atoms with E-state index in [-0.39, 0.29) is 23.7 Å². The number of carbonyl (C=O) groups is 2. The molecule has 0 saturated heterocycles. The maximum Gasteiger partial charge on any atom is 0.338 e. The number of ether oxygens (including phenoxy) is 2. The summed E-state index contributed by atoms with van der Waals surface area (Å²) in [6.07, 6.45) is 3.42. The molecule has 7 heteroatoms. The van der Waals surface area contributed by atoms with Gasteiger partial charge in [-0.15, -0.1) is 6.58 Å². The van der Waals surface area contributed by atoms with E-state index in [9.17, 15) is 20.0 Å². The number of aromatic hydroxyl groups is 1. The number of esters is 1. The Balaban J connectivity index is 2.25. The fraction of sp³-hybridized carbons (Fsp3) is 0.174. The summed E-state index contributed by atoms with van der Waals surface area (Å²) >= 11 is 0. The zero-order valence-corrected chi connectivity index (χ0v) is 16.8. The number of benzene rings is 2. The van der Waals surface area contributed by atoms with Crippen LogP contribution in [0.1, 0.15) is 28.4 Å². The van der Waals surface area contributed by atoms with Crippen molar-refractivity contribution in [3.8, 4) is 17.6 Å². The first kappa shape index (κ1) is 22.2. The molecule has 0 heterocycles. The highest BCUT2D eigenvalue weighted by Gasteiger charge is 2.13. The van der Waals surface area contributed by atoms with Gasteiger partial charge in [-0.25, -0.2) is 4.79 Å². The molecular formula is C23H22N2O5. The molecule has 0 radical (unpaired) electrons. The fourth-order valence-corrected chi connectivity index (χ4v) is 2.66. The molecule has 2 N–H and O–H groups in total. The molecule has 30 heavy (non-hydrogen) atoms. The standard InChI is InChI=1S/C23H22N2O5/c1-4-6-17-11-15(13-20(29-3)21(17)26)12-18(14-24)22(27)25-19-9-7-16(8-10-19)23(28)30-5-2/h4,7-13,26H,1,5-6H2,2-3H3,(H,25,27)/b18-12+. The van der Waals surface area contributed by atoms with Gasteiger partial charge in [-0.1, -0.05) is 6.08 Å². The van der Waals surface area contributed by atoms with Gasteiger partial charge in [-0.05, 0) is 61.4 Å². The molecule has 2 aromatic rings. The predicted molar refractivity (Wildman–Crippen MR) is 113 cm³/mol. The number of hydrogen-bond donors (Lipinski definition) is 2. The van der Waals surface area contributed by atoms with Crippen molar-refractivity contribution in [2.45, 2.75) is 13.3 Å². The van der Waals surface area contributed by atoms with Crippen molar-refractivity contribution in [3.05, 3.63) is 71.3 Å². The zero-order chi connectivity index (χ0) is 22.1. The molecule has 2 rings (SSSR count). The second-order valence-corrected chi connectivity index (χ2v) is 6.15. The number of phenols is 1. The summed E-state index contributed by atoms with van der Waals surface area (Å²) in [5.41, 5.74) is 1.72. The van der Waals surface area contributed by atoms with Crippen LogP contribution in [0.4, 0.5) is 5.69 Å². The van der Waals surface area contributed by atoms with Gasteiger partial charge in [0.15, 0.2) is 11.5 Å². The van der Waals surface area contributed by atoms with Gasteiger partial charge in [-0.3, -0.25) is 4.79 Å². The minimum atomic E-state index is -0.612. The van der Waals surface area contributed by atoms with E-state index in [0.717, 1.165) is 0 Å². The van der Waals surface area contributed by atoms with Crippen LogP contribution in [0, 0.1) is 11.3 Å². The number of hydrogen-bond acceptors (Lipinski definition) is 6. The van der Waals surface area contributed by atoms with Gasteiger partial charge in [0, 0.05) is 11.3 Å². The average Bonchev–Trinajstić information content (AvgIpc) is 2.74. The molecule has 2 aromatic carbocycles. The molecular weight excluding hydrogens is 384 g/mol. The number of rotatable bonds is 8. The Morgan fingerprint density at radius 1 is 1.27 bits per heavy atom. The average molecular weight is 406 g/mol. The Bertz CT molecular complexity index is 1020. The number of carbonyl (C=O) groups excluding carboxylic acids is 2. The molecule has 154 valence electrons. The molecule has 7 nitrogen and oxygen atoms in total. The van der Waals surface area contributed by atoms with E-state index >= 15 is 0 Å². The molecule has 1 amide bonds. The van der Waals surface area contributed by atoms with Gasteiger partial charge < -0.3 is 19.9 Å². The number of anilines is 1. The van der Waals surface area contributed by atoms with Gasteiger partial charge >= 0.3 is 5.97 Å². The van der Waals surface area contributed by atoms with E-state index in [1.807, 2.05) is 6.07 Å². The number of allylic oxidation sites excluding steroid dienone is 1. The first-order chi connectivity index (χ1) is 14.4. The summed E-state index contributed by atoms with van der Waals surface area (Å²) in [7, 11) is 1.41. The topological polar surface area (TPSA) is 109 Å². The Morgan fingerprint density at radius 3 is 2.53 bits per heavy atom. The van der Waals surface area contributed by atoms with Crippen molar-refractivity contribution >= 4 is 23.6 Å². The van der Waals surface area contributed by atoms with Crippen molar-refractivity contribution in [2.24, 2.45) is 0 Å². The van der Waals surface area contributed by atoms with Crippen LogP contribution in [-0.4, -0.2) is 30.7 Å². The first-order valence-electron chi connectivity index (χ1n) is 9.14. The molecule has 0 aromatic heterocycles. The number of nitrogens with zero attached hydrogens (tertiary/aromatic N) is 1. The maximum atomic E-state index is 12.5. The van der Waals surface area contributed by atoms with Crippen LogP contribution in [0.15, 0.2) is 54.6 Å². The molecule has 0 unspecified atom stereocenters. The monoisotopic (exact) mass is 406 g/mol. The first-order valence-corrected chi connectivity index (χ1v) is 9.14. The maximum absolute atomic E-state index is 12.5. The smallest absolute Gasteiger partial charge is 0.338 e. The molecule has 0 bridgehead atoms. The number of nitriles is 1. The van der Waals surface area contributed by atoms with E-state index < -0.39 is 11.9 Å². The van der Waals surface area contributed by atoms with E-state index in [4.69, 9.17) is 9.47 Å². The minimum absolute atomic E-state index is 0.0146. The predicted octanol–water partition coefficient (Wildman–Crippen LogP) is 3.85. The number of nitrogens with one attached hydrogen (secondary N) is 1. The van der Waals surface area contributed by atoms with E-state index in [1.54, 1.807) is 31.2 Å². The molecule has 0 aliphatic heterocycles. The summed E-state index contributed by atoms with van der Waals surface area (Å²) in [5.74, 6) is -0.852. The Hall–Kier alpha value is -4.05. The third-order valence-corrected chi connectivity index (χ3v) is 4.09. The van der Waals surface area contributed by atoms with Crippen LogP contribution in [0.3, 0.4) is 0 Å². The summed E-state index contributed by atoms with van der Waals surface area (Å²) < 4.78 is 10.1. The molecule has 0 saturated carbocycles. The van der Waals surface area contributed by atoms with Crippen LogP contribution in [-0.2, 0) is 16.0 Å². The third kappa shape index (κ3) is 5.49. The van der Waals surface area contributed by atoms with Gasteiger partial charge in [0.25, 0.3) is 5.91 Å². The summed E-state index contributed by atoms with van der Waals surface area (Å²) in [6.45, 7) is 5.63. The molecule has 0 spiro atoms. The van der Waals surface area contributed by atoms with Crippen LogP contribution < -0.4 is 10.1 Å². The van der Waals surface area contributed by atoms with Crippen molar-refractivity contribution in [3.63, 3.8) is 0 Å². The number of amides is 1. The second-order valence-electron chi connectivity index (χ2n) is 6.15. The van der Waals surface area contributed by atoms with E-state index in [0.29, 0.717) is 28.8 Å². The van der Waals surface area contributed by atoms with Crippen molar-refractivity contribution in [1.82, 2.24) is 0 Å². The Labute approximate surface area is 174 Å². The molecule has 0 aliphatic rings. The highest BCUT2D eigenvalue weighted by atomic mass is 16.5. The Kier molecular flexibility index (Phi) is 7.77. The highest BCUT2D eigenvalue weighted by Crippen LogP contribution is 2.32. The third-order valence-electron chi connectivity index (χ3n) is 4.09. The largest absolute Gasteiger partial charge is 0.504 e. The summed E-state index contributed by atoms with van der Waals surface area (Å²) in [4.78, 5) is 24.2. The zero-order valence-electron chi connectivity index (χ0n) is 16.8. The van der Waals surface area contributed by atoms with E-state index in [1.165, 1.54) is 31.4 Å². The molecule has 0 aliphatic carbocycles. The minimum Gasteiger partial charge on any atom is -0.504 e. The van der Waals surface area contributed by atoms with Crippen molar-refractivity contribution in [2.75, 3.05) is 19.0 Å². The lowest BCUT2D eigenvalue weighted by Crippen LogP contribution is -2.13. The summed E-state index contributed by atoms with van der Waals surface area (Å²) in [5, 5.41) is 22.2. The van der Waals surface area contributed by atoms with Crippen LogP contribution in [0.25, 0.3) is 6.08 Å². The van der Waals surface area contributed by atoms with E-state index in [2.05, 4.69) is 11.9 Å². The van der Waals surface area contributed by atoms with Gasteiger partial charge in [0.2, 0.25) is 0 Å². The number of methoxy groups -OCH3 is 1.